The zero-order valence-corrected chi connectivity index (χ0v) is 18.4. The molecule has 0 unspecified atom stereocenters. The Morgan fingerprint density at radius 3 is 2.13 bits per heavy atom. The van der Waals surface area contributed by atoms with E-state index in [4.69, 9.17) is 18.9 Å². The maximum atomic E-state index is 6.29. The van der Waals surface area contributed by atoms with Gasteiger partial charge in [0.2, 0.25) is 0 Å². The standard InChI is InChI=1S/C26H36O4/c1-4-11-22(2)26(30-21-27-3)18-25(29-20-24-14-9-6-10-15-24)16-17-28-19-23-12-7-5-8-13-23/h4-10,12-15,22,25-26H,1,11,16-21H2,2-3H3/t22-,25+,26+/m0/s1. The quantitative estimate of drug-likeness (QED) is 0.199. The Balaban J connectivity index is 1.92. The minimum absolute atomic E-state index is 0.0371. The van der Waals surface area contributed by atoms with Gasteiger partial charge in [-0.2, -0.15) is 0 Å². The summed E-state index contributed by atoms with van der Waals surface area (Å²) < 4.78 is 23.3. The summed E-state index contributed by atoms with van der Waals surface area (Å²) in [7, 11) is 1.65. The van der Waals surface area contributed by atoms with Crippen molar-refractivity contribution in [3.05, 3.63) is 84.4 Å². The van der Waals surface area contributed by atoms with Gasteiger partial charge in [-0.1, -0.05) is 73.7 Å². The molecule has 0 heterocycles. The highest BCUT2D eigenvalue weighted by Crippen LogP contribution is 2.21. The van der Waals surface area contributed by atoms with Crippen LogP contribution in [0.3, 0.4) is 0 Å². The van der Waals surface area contributed by atoms with E-state index < -0.39 is 0 Å². The molecule has 0 aliphatic heterocycles. The van der Waals surface area contributed by atoms with E-state index in [0.29, 0.717) is 25.7 Å². The number of rotatable bonds is 16. The molecule has 164 valence electrons. The first kappa shape index (κ1) is 24.3. The summed E-state index contributed by atoms with van der Waals surface area (Å²) in [5, 5.41) is 0. The number of ether oxygens (including phenoxy) is 4. The molecule has 30 heavy (non-hydrogen) atoms. The van der Waals surface area contributed by atoms with E-state index in [1.807, 2.05) is 42.5 Å². The summed E-state index contributed by atoms with van der Waals surface area (Å²) in [6, 6.07) is 20.5. The summed E-state index contributed by atoms with van der Waals surface area (Å²) in [5.41, 5.74) is 2.35. The highest BCUT2D eigenvalue weighted by Gasteiger charge is 2.23. The number of benzene rings is 2. The second kappa shape index (κ2) is 14.9. The Kier molecular flexibility index (Phi) is 12.1. The van der Waals surface area contributed by atoms with Gasteiger partial charge in [0.1, 0.15) is 6.79 Å². The van der Waals surface area contributed by atoms with Crippen LogP contribution >= 0.6 is 0 Å². The fourth-order valence-electron chi connectivity index (χ4n) is 3.33. The van der Waals surface area contributed by atoms with Crippen molar-refractivity contribution < 1.29 is 18.9 Å². The lowest BCUT2D eigenvalue weighted by atomic mass is 9.95. The maximum Gasteiger partial charge on any atom is 0.146 e. The molecular weight excluding hydrogens is 376 g/mol. The molecule has 0 N–H and O–H groups in total. The molecule has 0 amide bonds. The molecule has 0 saturated carbocycles. The Labute approximate surface area is 181 Å². The Hall–Kier alpha value is -1.98. The third kappa shape index (κ3) is 9.68. The minimum atomic E-state index is 0.0371. The number of hydrogen-bond donors (Lipinski definition) is 0. The molecule has 4 heteroatoms. The number of hydrogen-bond acceptors (Lipinski definition) is 4. The van der Waals surface area contributed by atoms with E-state index in [9.17, 15) is 0 Å². The second-order valence-corrected chi connectivity index (χ2v) is 7.59. The van der Waals surface area contributed by atoms with Crippen LogP contribution in [0.4, 0.5) is 0 Å². The molecule has 0 aliphatic rings. The predicted molar refractivity (Wildman–Crippen MR) is 121 cm³/mol. The summed E-state index contributed by atoms with van der Waals surface area (Å²) in [5.74, 6) is 0.339. The summed E-state index contributed by atoms with van der Waals surface area (Å²) in [4.78, 5) is 0. The van der Waals surface area contributed by atoms with Gasteiger partial charge in [0.25, 0.3) is 0 Å². The van der Waals surface area contributed by atoms with E-state index in [1.165, 1.54) is 11.1 Å². The molecule has 2 rings (SSSR count). The van der Waals surface area contributed by atoms with Gasteiger partial charge in [0.15, 0.2) is 0 Å². The molecule has 2 aromatic carbocycles. The molecule has 0 saturated heterocycles. The average Bonchev–Trinajstić information content (AvgIpc) is 2.78. The van der Waals surface area contributed by atoms with E-state index in [0.717, 1.165) is 19.3 Å². The Bertz CT molecular complexity index is 674. The second-order valence-electron chi connectivity index (χ2n) is 7.59. The molecule has 2 aromatic rings. The van der Waals surface area contributed by atoms with Gasteiger partial charge in [-0.15, -0.1) is 6.58 Å². The van der Waals surface area contributed by atoms with Crippen LogP contribution in [0.5, 0.6) is 0 Å². The van der Waals surface area contributed by atoms with Crippen LogP contribution in [-0.4, -0.2) is 32.7 Å². The molecule has 0 aliphatic carbocycles. The molecule has 0 aromatic heterocycles. The van der Waals surface area contributed by atoms with Crippen LogP contribution in [0, 0.1) is 5.92 Å². The van der Waals surface area contributed by atoms with E-state index in [-0.39, 0.29) is 19.0 Å². The summed E-state index contributed by atoms with van der Waals surface area (Å²) >= 11 is 0. The van der Waals surface area contributed by atoms with E-state index in [2.05, 4.69) is 37.8 Å². The van der Waals surface area contributed by atoms with E-state index in [1.54, 1.807) is 7.11 Å². The van der Waals surface area contributed by atoms with Crippen LogP contribution in [-0.2, 0) is 32.2 Å². The van der Waals surface area contributed by atoms with Gasteiger partial charge >= 0.3 is 0 Å². The Morgan fingerprint density at radius 2 is 1.53 bits per heavy atom. The molecular formula is C26H36O4. The van der Waals surface area contributed by atoms with Gasteiger partial charge in [-0.3, -0.25) is 0 Å². The van der Waals surface area contributed by atoms with Crippen molar-refractivity contribution in [1.29, 1.82) is 0 Å². The van der Waals surface area contributed by atoms with Crippen LogP contribution in [0.15, 0.2) is 73.3 Å². The van der Waals surface area contributed by atoms with E-state index >= 15 is 0 Å². The van der Waals surface area contributed by atoms with Gasteiger partial charge in [0.05, 0.1) is 25.4 Å². The molecule has 3 atom stereocenters. The van der Waals surface area contributed by atoms with Crippen molar-refractivity contribution in [2.24, 2.45) is 5.92 Å². The topological polar surface area (TPSA) is 36.9 Å². The van der Waals surface area contributed by atoms with Crippen LogP contribution in [0.1, 0.15) is 37.3 Å². The maximum absolute atomic E-state index is 6.29. The van der Waals surface area contributed by atoms with Crippen molar-refractivity contribution in [2.45, 2.75) is 51.6 Å². The largest absolute Gasteiger partial charge is 0.377 e. The molecule has 0 fully saturated rings. The van der Waals surface area contributed by atoms with Crippen LogP contribution in [0.25, 0.3) is 0 Å². The first-order chi connectivity index (χ1) is 14.7. The van der Waals surface area contributed by atoms with Crippen molar-refractivity contribution in [3.8, 4) is 0 Å². The third-order valence-electron chi connectivity index (χ3n) is 5.09. The smallest absolute Gasteiger partial charge is 0.146 e. The lowest BCUT2D eigenvalue weighted by Crippen LogP contribution is -2.30. The first-order valence-electron chi connectivity index (χ1n) is 10.7. The SMILES string of the molecule is C=CC[C@H](C)[C@@H](C[C@@H](CCOCc1ccccc1)OCc1ccccc1)OCOC. The van der Waals surface area contributed by atoms with Gasteiger partial charge in [-0.25, -0.2) is 0 Å². The zero-order chi connectivity index (χ0) is 21.4. The lowest BCUT2D eigenvalue weighted by Gasteiger charge is -2.28. The number of allylic oxidation sites excluding steroid dienone is 1. The number of methoxy groups -OCH3 is 1. The highest BCUT2D eigenvalue weighted by molar-refractivity contribution is 5.14. The fraction of sp³-hybridized carbons (Fsp3) is 0.462. The van der Waals surface area contributed by atoms with Crippen molar-refractivity contribution in [1.82, 2.24) is 0 Å². The van der Waals surface area contributed by atoms with Gasteiger partial charge in [-0.05, 0) is 29.9 Å². The fourth-order valence-corrected chi connectivity index (χ4v) is 3.33. The average molecular weight is 413 g/mol. The third-order valence-corrected chi connectivity index (χ3v) is 5.09. The van der Waals surface area contributed by atoms with Crippen LogP contribution < -0.4 is 0 Å². The minimum Gasteiger partial charge on any atom is -0.377 e. The Morgan fingerprint density at radius 1 is 0.900 bits per heavy atom. The summed E-state index contributed by atoms with van der Waals surface area (Å²) in [6.45, 7) is 8.17. The lowest BCUT2D eigenvalue weighted by molar-refractivity contribution is -0.111. The molecule has 0 radical (unpaired) electrons. The predicted octanol–water partition coefficient (Wildman–Crippen LogP) is 5.77. The summed E-state index contributed by atoms with van der Waals surface area (Å²) in [6.07, 6.45) is 4.52. The normalized spacial score (nSPS) is 14.2. The molecule has 0 bridgehead atoms. The molecule has 4 nitrogen and oxygen atoms in total. The van der Waals surface area contributed by atoms with Gasteiger partial charge < -0.3 is 18.9 Å². The van der Waals surface area contributed by atoms with Crippen molar-refractivity contribution >= 4 is 0 Å². The monoisotopic (exact) mass is 412 g/mol. The van der Waals surface area contributed by atoms with Crippen molar-refractivity contribution in [2.75, 3.05) is 20.5 Å². The first-order valence-corrected chi connectivity index (χ1v) is 10.7. The molecule has 0 spiro atoms. The van der Waals surface area contributed by atoms with Crippen LogP contribution in [0.2, 0.25) is 0 Å². The van der Waals surface area contributed by atoms with Gasteiger partial charge in [0, 0.05) is 20.1 Å². The van der Waals surface area contributed by atoms with Crippen molar-refractivity contribution in [3.63, 3.8) is 0 Å². The zero-order valence-electron chi connectivity index (χ0n) is 18.4. The highest BCUT2D eigenvalue weighted by atomic mass is 16.7.